The van der Waals surface area contributed by atoms with Crippen LogP contribution in [0.3, 0.4) is 0 Å². The predicted octanol–water partition coefficient (Wildman–Crippen LogP) is 3.45. The van der Waals surface area contributed by atoms with Crippen LogP contribution in [0, 0.1) is 17.2 Å². The summed E-state index contributed by atoms with van der Waals surface area (Å²) in [6, 6.07) is 8.18. The Morgan fingerprint density at radius 1 is 1.35 bits per heavy atom. The second kappa shape index (κ2) is 5.38. The quantitative estimate of drug-likeness (QED) is 0.855. The van der Waals surface area contributed by atoms with Gasteiger partial charge in [0.05, 0.1) is 16.9 Å². The Hall–Kier alpha value is -1.05. The molecule has 3 rings (SSSR count). The average Bonchev–Trinajstić information content (AvgIpc) is 2.46. The van der Waals surface area contributed by atoms with Gasteiger partial charge in [0.25, 0.3) is 0 Å². The van der Waals surface area contributed by atoms with E-state index in [9.17, 15) is 10.4 Å². The smallest absolute Gasteiger partial charge is 0.103 e. The van der Waals surface area contributed by atoms with Crippen molar-refractivity contribution in [3.63, 3.8) is 0 Å². The molecule has 2 aliphatic rings. The van der Waals surface area contributed by atoms with Gasteiger partial charge in [-0.25, -0.2) is 0 Å². The zero-order chi connectivity index (χ0) is 14.2. The summed E-state index contributed by atoms with van der Waals surface area (Å²) in [5.74, 6) is 0.343. The van der Waals surface area contributed by atoms with E-state index in [0.29, 0.717) is 11.5 Å². The molecule has 1 aliphatic heterocycles. The molecule has 0 radical (unpaired) electrons. The van der Waals surface area contributed by atoms with Gasteiger partial charge in [-0.2, -0.15) is 5.26 Å². The minimum Gasteiger partial charge on any atom is -0.389 e. The summed E-state index contributed by atoms with van der Waals surface area (Å²) in [6.45, 7) is 1.69. The first-order valence-corrected chi connectivity index (χ1v) is 8.09. The number of hydrogen-bond acceptors (Lipinski definition) is 3. The van der Waals surface area contributed by atoms with E-state index in [1.54, 1.807) is 0 Å². The Morgan fingerprint density at radius 2 is 2.20 bits per heavy atom. The Morgan fingerprint density at radius 3 is 3.00 bits per heavy atom. The average molecular weight is 335 g/mol. The molecule has 1 heterocycles. The van der Waals surface area contributed by atoms with E-state index in [0.717, 1.165) is 48.9 Å². The Labute approximate surface area is 128 Å². The fourth-order valence-corrected chi connectivity index (χ4v) is 4.12. The maximum atomic E-state index is 10.7. The number of rotatable bonds is 1. The normalized spacial score (nSPS) is 29.6. The number of nitriles is 1. The number of piperidine rings is 1. The minimum absolute atomic E-state index is 0.343. The zero-order valence-corrected chi connectivity index (χ0v) is 13.1. The molecule has 3 nitrogen and oxygen atoms in total. The van der Waals surface area contributed by atoms with Crippen molar-refractivity contribution in [2.45, 2.75) is 37.7 Å². The molecule has 1 aromatic carbocycles. The highest BCUT2D eigenvalue weighted by atomic mass is 79.9. The molecule has 1 aromatic rings. The van der Waals surface area contributed by atoms with E-state index in [-0.39, 0.29) is 0 Å². The van der Waals surface area contributed by atoms with Crippen molar-refractivity contribution < 1.29 is 5.11 Å². The third-order valence-electron chi connectivity index (χ3n) is 4.87. The highest BCUT2D eigenvalue weighted by Gasteiger charge is 2.43. The minimum atomic E-state index is -0.465. The molecule has 4 heteroatoms. The number of fused-ring (bicyclic) bond motifs is 1. The van der Waals surface area contributed by atoms with Crippen LogP contribution in [0.1, 0.15) is 37.7 Å². The molecule has 1 aliphatic carbocycles. The molecule has 1 saturated heterocycles. The molecule has 20 heavy (non-hydrogen) atoms. The molecule has 1 N–H and O–H groups in total. The lowest BCUT2D eigenvalue weighted by Crippen LogP contribution is -2.53. The summed E-state index contributed by atoms with van der Waals surface area (Å²) in [6.07, 6.45) is 5.21. The second-order valence-electron chi connectivity index (χ2n) is 5.99. The topological polar surface area (TPSA) is 47.3 Å². The van der Waals surface area contributed by atoms with E-state index in [2.05, 4.69) is 26.9 Å². The summed E-state index contributed by atoms with van der Waals surface area (Å²) in [5, 5.41) is 20.1. The van der Waals surface area contributed by atoms with Gasteiger partial charge >= 0.3 is 0 Å². The zero-order valence-electron chi connectivity index (χ0n) is 11.5. The van der Waals surface area contributed by atoms with E-state index < -0.39 is 5.60 Å². The van der Waals surface area contributed by atoms with Crippen LogP contribution in [0.15, 0.2) is 22.7 Å². The Kier molecular flexibility index (Phi) is 3.74. The number of anilines is 1. The SMILES string of the molecule is N#Cc1c(Br)cccc1N1CCC2(O)CCCCC2C1. The number of aliphatic hydroxyl groups is 1. The molecule has 0 spiro atoms. The lowest BCUT2D eigenvalue weighted by atomic mass is 9.71. The highest BCUT2D eigenvalue weighted by molar-refractivity contribution is 9.10. The monoisotopic (exact) mass is 334 g/mol. The van der Waals surface area contributed by atoms with Crippen LogP contribution in [0.5, 0.6) is 0 Å². The van der Waals surface area contributed by atoms with E-state index in [1.165, 1.54) is 6.42 Å². The van der Waals surface area contributed by atoms with Gasteiger partial charge in [-0.1, -0.05) is 18.9 Å². The second-order valence-corrected chi connectivity index (χ2v) is 6.84. The molecular formula is C16H19BrN2O. The summed E-state index contributed by atoms with van der Waals surface area (Å²) in [5.41, 5.74) is 1.23. The Bertz CT molecular complexity index is 554. The first-order valence-electron chi connectivity index (χ1n) is 7.30. The van der Waals surface area contributed by atoms with E-state index >= 15 is 0 Å². The van der Waals surface area contributed by atoms with Crippen molar-refractivity contribution >= 4 is 21.6 Å². The van der Waals surface area contributed by atoms with Gasteiger partial charge in [0, 0.05) is 23.5 Å². The Balaban J connectivity index is 1.87. The summed E-state index contributed by atoms with van der Waals surface area (Å²) >= 11 is 3.45. The van der Waals surface area contributed by atoms with E-state index in [4.69, 9.17) is 0 Å². The van der Waals surface area contributed by atoms with Crippen LogP contribution in [-0.2, 0) is 0 Å². The van der Waals surface area contributed by atoms with Crippen LogP contribution in [0.2, 0.25) is 0 Å². The van der Waals surface area contributed by atoms with Gasteiger partial charge < -0.3 is 10.0 Å². The van der Waals surface area contributed by atoms with Gasteiger partial charge in [0.2, 0.25) is 0 Å². The molecule has 0 amide bonds. The van der Waals surface area contributed by atoms with Crippen molar-refractivity contribution in [3.05, 3.63) is 28.2 Å². The molecule has 0 bridgehead atoms. The summed E-state index contributed by atoms with van der Waals surface area (Å²) in [7, 11) is 0. The van der Waals surface area contributed by atoms with Crippen LogP contribution in [0.4, 0.5) is 5.69 Å². The number of hydrogen-bond donors (Lipinski definition) is 1. The van der Waals surface area contributed by atoms with Crippen LogP contribution in [-0.4, -0.2) is 23.8 Å². The molecule has 2 unspecified atom stereocenters. The van der Waals surface area contributed by atoms with Gasteiger partial charge in [-0.15, -0.1) is 0 Å². The number of benzene rings is 1. The van der Waals surface area contributed by atoms with E-state index in [1.807, 2.05) is 18.2 Å². The number of nitrogens with zero attached hydrogens (tertiary/aromatic N) is 2. The van der Waals surface area contributed by atoms with Crippen LogP contribution < -0.4 is 4.90 Å². The van der Waals surface area contributed by atoms with Crippen molar-refractivity contribution in [2.24, 2.45) is 5.92 Å². The molecule has 1 saturated carbocycles. The summed E-state index contributed by atoms with van der Waals surface area (Å²) in [4.78, 5) is 2.27. The van der Waals surface area contributed by atoms with Crippen molar-refractivity contribution in [1.82, 2.24) is 0 Å². The molecule has 106 valence electrons. The lowest BCUT2D eigenvalue weighted by Gasteiger charge is -2.48. The highest BCUT2D eigenvalue weighted by Crippen LogP contribution is 2.41. The van der Waals surface area contributed by atoms with Crippen LogP contribution >= 0.6 is 15.9 Å². The standard InChI is InChI=1S/C16H19BrN2O/c17-14-5-3-6-15(13(14)10-18)19-9-8-16(20)7-2-1-4-12(16)11-19/h3,5-6,12,20H,1-2,4,7-9,11H2. The van der Waals surface area contributed by atoms with Crippen molar-refractivity contribution in [3.8, 4) is 6.07 Å². The summed E-state index contributed by atoms with van der Waals surface area (Å²) < 4.78 is 0.849. The molecule has 0 aromatic heterocycles. The third kappa shape index (κ3) is 2.34. The van der Waals surface area contributed by atoms with Gasteiger partial charge in [0.15, 0.2) is 0 Å². The first-order chi connectivity index (χ1) is 9.64. The number of halogens is 1. The molecular weight excluding hydrogens is 316 g/mol. The predicted molar refractivity (Wildman–Crippen MR) is 82.6 cm³/mol. The molecule has 2 atom stereocenters. The maximum absolute atomic E-state index is 10.7. The van der Waals surface area contributed by atoms with Gasteiger partial charge in [0.1, 0.15) is 6.07 Å². The largest absolute Gasteiger partial charge is 0.389 e. The van der Waals surface area contributed by atoms with Gasteiger partial charge in [-0.05, 0) is 47.3 Å². The fourth-order valence-electron chi connectivity index (χ4n) is 3.68. The molecule has 2 fully saturated rings. The first kappa shape index (κ1) is 13.9. The van der Waals surface area contributed by atoms with Crippen molar-refractivity contribution in [1.29, 1.82) is 5.26 Å². The van der Waals surface area contributed by atoms with Gasteiger partial charge in [-0.3, -0.25) is 0 Å². The maximum Gasteiger partial charge on any atom is 0.103 e. The fraction of sp³-hybridized carbons (Fsp3) is 0.562. The van der Waals surface area contributed by atoms with Crippen LogP contribution in [0.25, 0.3) is 0 Å². The lowest BCUT2D eigenvalue weighted by molar-refractivity contribution is -0.0612. The van der Waals surface area contributed by atoms with Crippen molar-refractivity contribution in [2.75, 3.05) is 18.0 Å². The third-order valence-corrected chi connectivity index (χ3v) is 5.53.